The normalized spacial score (nSPS) is 14.1. The van der Waals surface area contributed by atoms with Crippen LogP contribution in [0.1, 0.15) is 45.2 Å². The Morgan fingerprint density at radius 2 is 0.598 bits per heavy atom. The second-order valence-electron chi connectivity index (χ2n) is 21.6. The molecule has 3 nitrogen and oxygen atoms in total. The summed E-state index contributed by atoms with van der Waals surface area (Å²) in [6.07, 6.45) is 0. The molecule has 1 heterocycles. The molecule has 2 atom stereocenters. The first kappa shape index (κ1) is 49.2. The maximum Gasteiger partial charge on any atom is 0.226 e. The molecule has 12 aromatic carbocycles. The van der Waals surface area contributed by atoms with Gasteiger partial charge in [-0.05, 0) is 98.0 Å². The van der Waals surface area contributed by atoms with Gasteiger partial charge in [-0.2, -0.15) is 0 Å². The molecule has 0 N–H and O–H groups in total. The first-order valence-electron chi connectivity index (χ1n) is 28.4. The molecule has 0 radical (unpaired) electrons. The highest BCUT2D eigenvalue weighted by atomic mass is 28.3. The van der Waals surface area contributed by atoms with Crippen molar-refractivity contribution in [3.63, 3.8) is 0 Å². The summed E-state index contributed by atoms with van der Waals surface area (Å²) in [5.74, 6) is 1.14. The van der Waals surface area contributed by atoms with Gasteiger partial charge in [0, 0.05) is 23.0 Å². The van der Waals surface area contributed by atoms with Gasteiger partial charge >= 0.3 is 0 Å². The van der Waals surface area contributed by atoms with Crippen molar-refractivity contribution in [2.75, 3.05) is 0 Å². The molecule has 13 aromatic rings. The van der Waals surface area contributed by atoms with Crippen LogP contribution in [0.5, 0.6) is 0 Å². The van der Waals surface area contributed by atoms with Crippen molar-refractivity contribution in [2.24, 2.45) is 0 Å². The topological polar surface area (TPSA) is 38.7 Å². The third-order valence-electron chi connectivity index (χ3n) is 17.4. The highest BCUT2D eigenvalue weighted by Gasteiger charge is 2.51. The highest BCUT2D eigenvalue weighted by molar-refractivity contribution is 7.20. The molecule has 386 valence electrons. The van der Waals surface area contributed by atoms with E-state index in [0.29, 0.717) is 11.6 Å². The Morgan fingerprint density at radius 1 is 0.232 bits per heavy atom. The molecule has 0 fully saturated rings. The molecule has 2 unspecified atom stereocenters. The second kappa shape index (κ2) is 20.6. The van der Waals surface area contributed by atoms with E-state index in [4.69, 9.17) is 15.0 Å². The van der Waals surface area contributed by atoms with Gasteiger partial charge in [0.05, 0.1) is 0 Å². The Bertz CT molecular complexity index is 4240. The molecule has 0 saturated heterocycles. The number of hydrogen-bond donors (Lipinski definition) is 0. The van der Waals surface area contributed by atoms with Crippen molar-refractivity contribution in [3.05, 3.63) is 355 Å². The molecule has 2 bridgehead atoms. The Hall–Kier alpha value is -9.92. The predicted molar refractivity (Wildman–Crippen MR) is 344 cm³/mol. The summed E-state index contributed by atoms with van der Waals surface area (Å²) in [5.41, 5.74) is 15.6. The number of hydrogen-bond acceptors (Lipinski definition) is 3. The molecule has 16 rings (SSSR count). The maximum atomic E-state index is 5.97. The fraction of sp³-hybridized carbons (Fsp3) is 0.0260. The van der Waals surface area contributed by atoms with Crippen LogP contribution in [0, 0.1) is 0 Å². The average Bonchev–Trinajstić information content (AvgIpc) is 2.70. The monoisotopic (exact) mass is 1080 g/mol. The van der Waals surface area contributed by atoms with Crippen LogP contribution in [0.2, 0.25) is 0 Å². The van der Waals surface area contributed by atoms with Crippen LogP contribution in [-0.2, 0) is 0 Å². The summed E-state index contributed by atoms with van der Waals surface area (Å²) < 4.78 is 0. The van der Waals surface area contributed by atoms with Gasteiger partial charge in [-0.25, -0.2) is 15.0 Å². The van der Waals surface area contributed by atoms with Crippen LogP contribution >= 0.6 is 0 Å². The van der Waals surface area contributed by atoms with Gasteiger partial charge in [0.1, 0.15) is 5.45 Å². The molecule has 0 amide bonds. The van der Waals surface area contributed by atoms with E-state index >= 15 is 0 Å². The maximum absolute atomic E-state index is 5.97. The average molecular weight is 1080 g/mol. The van der Waals surface area contributed by atoms with E-state index in [1.54, 1.807) is 0 Å². The minimum atomic E-state index is -3.32. The number of aromatic nitrogens is 3. The van der Waals surface area contributed by atoms with E-state index in [1.165, 1.54) is 91.9 Å². The van der Waals surface area contributed by atoms with Gasteiger partial charge in [-0.3, -0.25) is 0 Å². The zero-order valence-electron chi connectivity index (χ0n) is 45.1. The lowest BCUT2D eigenvalue weighted by molar-refractivity contribution is 0.759. The molecular formula is C77H55N3Si2. The van der Waals surface area contributed by atoms with Crippen LogP contribution in [-0.4, -0.2) is 31.1 Å². The Labute approximate surface area is 481 Å². The third-order valence-corrected chi connectivity index (χ3v) is 26.6. The fourth-order valence-electron chi connectivity index (χ4n) is 13.9. The zero-order valence-corrected chi connectivity index (χ0v) is 47.1. The van der Waals surface area contributed by atoms with Gasteiger partial charge in [-0.1, -0.05) is 315 Å². The zero-order chi connectivity index (χ0) is 54.5. The molecule has 3 aliphatic carbocycles. The summed E-state index contributed by atoms with van der Waals surface area (Å²) >= 11 is 0. The van der Waals surface area contributed by atoms with Gasteiger partial charge in [0.25, 0.3) is 0 Å². The Morgan fingerprint density at radius 3 is 1.07 bits per heavy atom. The first-order chi connectivity index (χ1) is 40.7. The second-order valence-corrected chi connectivity index (χ2v) is 29.1. The smallest absolute Gasteiger partial charge is 0.217 e. The van der Waals surface area contributed by atoms with Gasteiger partial charge in [0.2, 0.25) is 8.07 Å². The van der Waals surface area contributed by atoms with Gasteiger partial charge in [-0.15, -0.1) is 0 Å². The van der Waals surface area contributed by atoms with Crippen molar-refractivity contribution in [2.45, 2.75) is 11.8 Å². The summed E-state index contributed by atoms with van der Waals surface area (Å²) in [7, 11) is -6.58. The molecule has 0 saturated carbocycles. The molecular weight excluding hydrogens is 1020 g/mol. The molecule has 0 aliphatic heterocycles. The van der Waals surface area contributed by atoms with E-state index in [9.17, 15) is 0 Å². The lowest BCUT2D eigenvalue weighted by Crippen LogP contribution is -2.76. The van der Waals surface area contributed by atoms with Gasteiger partial charge in [0.15, 0.2) is 19.7 Å². The van der Waals surface area contributed by atoms with Crippen molar-refractivity contribution >= 4 is 57.9 Å². The van der Waals surface area contributed by atoms with Crippen LogP contribution < -0.4 is 41.8 Å². The van der Waals surface area contributed by atoms with Crippen LogP contribution in [0.25, 0.3) is 45.0 Å². The van der Waals surface area contributed by atoms with Crippen LogP contribution in [0.4, 0.5) is 0 Å². The lowest BCUT2D eigenvalue weighted by Gasteiger charge is -2.46. The molecule has 0 spiro atoms. The van der Waals surface area contributed by atoms with E-state index < -0.39 is 16.1 Å². The number of nitrogens with zero attached hydrogens (tertiary/aromatic N) is 3. The molecule has 1 aromatic heterocycles. The first-order valence-corrected chi connectivity index (χ1v) is 32.4. The largest absolute Gasteiger partial charge is 0.226 e. The fourth-order valence-corrected chi connectivity index (χ4v) is 23.4. The summed E-state index contributed by atoms with van der Waals surface area (Å²) in [5, 5.41) is 9.02. The lowest BCUT2D eigenvalue weighted by atomic mass is 9.60. The summed E-state index contributed by atoms with van der Waals surface area (Å²) in [6.45, 7) is 0. The standard InChI is InChI=1S/C77H55N3Si2/c1-9-29-54(30-10-1)57-51-58(55-31-11-2-12-32-55)53-64(52-57)81(59-35-15-4-16-36-59,60-37-17-5-18-38-60)70-50-28-48-68-71-65-45-25-26-46-66(65)74(73(68)70)72-67(71)47-27-49-69(72)76-78-75(56-33-13-3-14-34-56)79-77(80-76)82(61-39-19-6-20-40-61,62-41-21-7-22-42-62)63-43-23-8-24-44-63/h1-53,71,74H. The number of rotatable bonds is 12. The highest BCUT2D eigenvalue weighted by Crippen LogP contribution is 2.57. The van der Waals surface area contributed by atoms with E-state index in [1.807, 2.05) is 0 Å². The SMILES string of the molecule is c1ccc(-c2cc(-c3ccccc3)cc([Si](c3ccccc3)(c3ccccc3)c3cccc4c3C3c5ccccc5C4c4cccc(-c5nc(-c6ccccc6)nc([Si](c6ccccc6)(c6ccccc6)c6ccccc6)n5)c43)c2)cc1. The van der Waals surface area contributed by atoms with Crippen molar-refractivity contribution < 1.29 is 0 Å². The minimum Gasteiger partial charge on any atom is -0.217 e. The summed E-state index contributed by atoms with van der Waals surface area (Å²) in [6, 6.07) is 119. The molecule has 3 aliphatic rings. The van der Waals surface area contributed by atoms with Crippen LogP contribution in [0.3, 0.4) is 0 Å². The predicted octanol–water partition coefficient (Wildman–Crippen LogP) is 12.3. The van der Waals surface area contributed by atoms with Crippen LogP contribution in [0.15, 0.2) is 322 Å². The molecule has 82 heavy (non-hydrogen) atoms. The van der Waals surface area contributed by atoms with Crippen molar-refractivity contribution in [1.82, 2.24) is 15.0 Å². The van der Waals surface area contributed by atoms with E-state index in [-0.39, 0.29) is 11.8 Å². The number of benzene rings is 12. The molecule has 5 heteroatoms. The minimum absolute atomic E-state index is 0.0406. The Kier molecular flexibility index (Phi) is 12.4. The van der Waals surface area contributed by atoms with Crippen molar-refractivity contribution in [3.8, 4) is 45.0 Å². The van der Waals surface area contributed by atoms with E-state index in [0.717, 1.165) is 16.6 Å². The Balaban J connectivity index is 1.04. The summed E-state index contributed by atoms with van der Waals surface area (Å²) in [4.78, 5) is 17.4. The van der Waals surface area contributed by atoms with Crippen molar-refractivity contribution in [1.29, 1.82) is 0 Å². The quantitative estimate of drug-likeness (QED) is 0.0904. The van der Waals surface area contributed by atoms with E-state index in [2.05, 4.69) is 322 Å². The third kappa shape index (κ3) is 7.95. The van der Waals surface area contributed by atoms with Gasteiger partial charge < -0.3 is 0 Å².